The number of halogens is 1. The van der Waals surface area contributed by atoms with Crippen LogP contribution < -0.4 is 4.90 Å². The predicted molar refractivity (Wildman–Crippen MR) is 117 cm³/mol. The van der Waals surface area contributed by atoms with Crippen LogP contribution in [0.2, 0.25) is 0 Å². The summed E-state index contributed by atoms with van der Waals surface area (Å²) >= 11 is 0. The SMILES string of the molecule is CN(CCCc1cc(-c2ccc(F)cc2)n[nH]1)C(=O)c1cccnc1N1CCOCC1. The minimum Gasteiger partial charge on any atom is -0.378 e. The molecule has 3 aromatic rings. The predicted octanol–water partition coefficient (Wildman–Crippen LogP) is 3.15. The molecule has 1 fully saturated rings. The standard InChI is InChI=1S/C23H26FN5O2/c1-28(23(30)20-5-2-10-25-22(20)29-12-14-31-15-13-29)11-3-4-19-16-21(27-26-19)17-6-8-18(24)9-7-17/h2,5-10,16H,3-4,11-15H2,1H3,(H,26,27). The van der Waals surface area contributed by atoms with Crippen molar-refractivity contribution >= 4 is 11.7 Å². The van der Waals surface area contributed by atoms with Gasteiger partial charge in [-0.25, -0.2) is 9.37 Å². The van der Waals surface area contributed by atoms with E-state index in [9.17, 15) is 9.18 Å². The highest BCUT2D eigenvalue weighted by atomic mass is 19.1. The van der Waals surface area contributed by atoms with Gasteiger partial charge >= 0.3 is 0 Å². The number of amides is 1. The summed E-state index contributed by atoms with van der Waals surface area (Å²) in [4.78, 5) is 21.3. The zero-order valence-corrected chi connectivity index (χ0v) is 17.6. The van der Waals surface area contributed by atoms with Gasteiger partial charge in [0, 0.05) is 44.1 Å². The number of benzene rings is 1. The topological polar surface area (TPSA) is 74.4 Å². The number of rotatable bonds is 7. The third kappa shape index (κ3) is 5.08. The van der Waals surface area contributed by atoms with Crippen LogP contribution in [0.15, 0.2) is 48.7 Å². The monoisotopic (exact) mass is 423 g/mol. The molecule has 1 aliphatic rings. The number of aromatic amines is 1. The fourth-order valence-corrected chi connectivity index (χ4v) is 3.66. The molecule has 1 aromatic carbocycles. The van der Waals surface area contributed by atoms with Crippen LogP contribution in [-0.4, -0.2) is 65.9 Å². The fourth-order valence-electron chi connectivity index (χ4n) is 3.66. The molecule has 8 heteroatoms. The second kappa shape index (κ2) is 9.70. The Balaban J connectivity index is 1.34. The van der Waals surface area contributed by atoms with E-state index in [0.717, 1.165) is 48.7 Å². The van der Waals surface area contributed by atoms with Gasteiger partial charge in [-0.15, -0.1) is 0 Å². The molecule has 0 saturated carbocycles. The van der Waals surface area contributed by atoms with E-state index >= 15 is 0 Å². The molecule has 3 heterocycles. The molecule has 1 saturated heterocycles. The summed E-state index contributed by atoms with van der Waals surface area (Å²) in [5.41, 5.74) is 3.25. The molecule has 31 heavy (non-hydrogen) atoms. The largest absolute Gasteiger partial charge is 0.378 e. The van der Waals surface area contributed by atoms with Crippen molar-refractivity contribution in [3.63, 3.8) is 0 Å². The van der Waals surface area contributed by atoms with Crippen molar-refractivity contribution in [2.24, 2.45) is 0 Å². The highest BCUT2D eigenvalue weighted by Gasteiger charge is 2.22. The van der Waals surface area contributed by atoms with E-state index in [1.54, 1.807) is 29.3 Å². The lowest BCUT2D eigenvalue weighted by atomic mass is 10.1. The van der Waals surface area contributed by atoms with Gasteiger partial charge in [-0.05, 0) is 55.3 Å². The third-order valence-corrected chi connectivity index (χ3v) is 5.38. The van der Waals surface area contributed by atoms with Gasteiger partial charge in [0.1, 0.15) is 11.6 Å². The number of carbonyl (C=O) groups excluding carboxylic acids is 1. The summed E-state index contributed by atoms with van der Waals surface area (Å²) in [7, 11) is 1.81. The summed E-state index contributed by atoms with van der Waals surface area (Å²) < 4.78 is 18.5. The molecule has 4 rings (SSSR count). The number of ether oxygens (including phenoxy) is 1. The van der Waals surface area contributed by atoms with Crippen molar-refractivity contribution in [1.82, 2.24) is 20.1 Å². The van der Waals surface area contributed by atoms with Gasteiger partial charge < -0.3 is 14.5 Å². The normalized spacial score (nSPS) is 13.9. The number of hydrogen-bond donors (Lipinski definition) is 1. The van der Waals surface area contributed by atoms with Crippen molar-refractivity contribution in [3.05, 3.63) is 65.7 Å². The van der Waals surface area contributed by atoms with Crippen LogP contribution in [0.3, 0.4) is 0 Å². The molecule has 0 unspecified atom stereocenters. The molecule has 0 aliphatic carbocycles. The van der Waals surface area contributed by atoms with Crippen LogP contribution in [0.4, 0.5) is 10.2 Å². The van der Waals surface area contributed by atoms with Gasteiger partial charge in [0.15, 0.2) is 0 Å². The van der Waals surface area contributed by atoms with Crippen molar-refractivity contribution < 1.29 is 13.9 Å². The molecule has 2 aromatic heterocycles. The average Bonchev–Trinajstić information content (AvgIpc) is 3.28. The average molecular weight is 423 g/mol. The van der Waals surface area contributed by atoms with Crippen molar-refractivity contribution in [2.75, 3.05) is 44.8 Å². The van der Waals surface area contributed by atoms with E-state index in [4.69, 9.17) is 4.74 Å². The van der Waals surface area contributed by atoms with Crippen LogP contribution in [0, 0.1) is 5.82 Å². The molecule has 7 nitrogen and oxygen atoms in total. The summed E-state index contributed by atoms with van der Waals surface area (Å²) in [6.45, 7) is 3.36. The molecule has 1 amide bonds. The Morgan fingerprint density at radius 1 is 1.23 bits per heavy atom. The number of carbonyl (C=O) groups is 1. The molecule has 0 bridgehead atoms. The first kappa shape index (κ1) is 21.0. The number of H-pyrrole nitrogens is 1. The number of aromatic nitrogens is 3. The zero-order chi connectivity index (χ0) is 21.6. The quantitative estimate of drug-likeness (QED) is 0.632. The van der Waals surface area contributed by atoms with Crippen LogP contribution in [0.1, 0.15) is 22.5 Å². The van der Waals surface area contributed by atoms with Gasteiger partial charge in [-0.1, -0.05) is 0 Å². The Bertz CT molecular complexity index is 1010. The van der Waals surface area contributed by atoms with E-state index in [2.05, 4.69) is 20.1 Å². The van der Waals surface area contributed by atoms with Crippen LogP contribution >= 0.6 is 0 Å². The van der Waals surface area contributed by atoms with E-state index in [0.29, 0.717) is 25.3 Å². The molecule has 0 atom stereocenters. The molecule has 162 valence electrons. The number of anilines is 1. The first-order chi connectivity index (χ1) is 15.1. The van der Waals surface area contributed by atoms with Crippen LogP contribution in [0.5, 0.6) is 0 Å². The first-order valence-corrected chi connectivity index (χ1v) is 10.5. The second-order valence-electron chi connectivity index (χ2n) is 7.59. The maximum absolute atomic E-state index is 13.1. The Labute approximate surface area is 180 Å². The van der Waals surface area contributed by atoms with E-state index in [1.807, 2.05) is 19.2 Å². The summed E-state index contributed by atoms with van der Waals surface area (Å²) in [6.07, 6.45) is 3.27. The van der Waals surface area contributed by atoms with Crippen molar-refractivity contribution in [3.8, 4) is 11.3 Å². The molecule has 1 N–H and O–H groups in total. The highest BCUT2D eigenvalue weighted by Crippen LogP contribution is 2.21. The van der Waals surface area contributed by atoms with Gasteiger partial charge in [-0.3, -0.25) is 9.89 Å². The lowest BCUT2D eigenvalue weighted by Crippen LogP contribution is -2.38. The van der Waals surface area contributed by atoms with Gasteiger partial charge in [0.2, 0.25) is 0 Å². The fraction of sp³-hybridized carbons (Fsp3) is 0.348. The molecular formula is C23H26FN5O2. The zero-order valence-electron chi connectivity index (χ0n) is 17.6. The molecule has 0 radical (unpaired) electrons. The van der Waals surface area contributed by atoms with Gasteiger partial charge in [-0.2, -0.15) is 5.10 Å². The molecule has 0 spiro atoms. The first-order valence-electron chi connectivity index (χ1n) is 10.5. The number of aryl methyl sites for hydroxylation is 1. The molecule has 1 aliphatic heterocycles. The Hall–Kier alpha value is -3.26. The van der Waals surface area contributed by atoms with Crippen LogP contribution in [0.25, 0.3) is 11.3 Å². The highest BCUT2D eigenvalue weighted by molar-refractivity contribution is 5.98. The van der Waals surface area contributed by atoms with Crippen molar-refractivity contribution in [1.29, 1.82) is 0 Å². The summed E-state index contributed by atoms with van der Waals surface area (Å²) in [5.74, 6) is 0.420. The number of nitrogens with one attached hydrogen (secondary N) is 1. The Kier molecular flexibility index (Phi) is 6.57. The third-order valence-electron chi connectivity index (χ3n) is 5.38. The lowest BCUT2D eigenvalue weighted by molar-refractivity contribution is 0.0792. The minimum atomic E-state index is -0.266. The molecular weight excluding hydrogens is 397 g/mol. The number of hydrogen-bond acceptors (Lipinski definition) is 5. The van der Waals surface area contributed by atoms with Gasteiger partial charge in [0.25, 0.3) is 5.91 Å². The lowest BCUT2D eigenvalue weighted by Gasteiger charge is -2.29. The van der Waals surface area contributed by atoms with Crippen LogP contribution in [-0.2, 0) is 11.2 Å². The van der Waals surface area contributed by atoms with E-state index < -0.39 is 0 Å². The van der Waals surface area contributed by atoms with E-state index in [-0.39, 0.29) is 11.7 Å². The Morgan fingerprint density at radius 2 is 2.00 bits per heavy atom. The van der Waals surface area contributed by atoms with Gasteiger partial charge in [0.05, 0.1) is 24.5 Å². The van der Waals surface area contributed by atoms with E-state index in [1.165, 1.54) is 12.1 Å². The van der Waals surface area contributed by atoms with Crippen molar-refractivity contribution in [2.45, 2.75) is 12.8 Å². The maximum Gasteiger partial charge on any atom is 0.257 e. The summed E-state index contributed by atoms with van der Waals surface area (Å²) in [6, 6.07) is 11.9. The summed E-state index contributed by atoms with van der Waals surface area (Å²) in [5, 5.41) is 7.34. The number of morpholine rings is 1. The minimum absolute atomic E-state index is 0.0359. The number of pyridine rings is 1. The second-order valence-corrected chi connectivity index (χ2v) is 7.59. The smallest absolute Gasteiger partial charge is 0.257 e. The number of nitrogens with zero attached hydrogens (tertiary/aromatic N) is 4. The maximum atomic E-state index is 13.1. The Morgan fingerprint density at radius 3 is 2.77 bits per heavy atom.